The first-order valence-corrected chi connectivity index (χ1v) is 8.13. The summed E-state index contributed by atoms with van der Waals surface area (Å²) in [6, 6.07) is 0. The van der Waals surface area contributed by atoms with Crippen LogP contribution in [0.3, 0.4) is 0 Å². The molecule has 0 aliphatic rings. The first-order valence-electron chi connectivity index (χ1n) is 8.13. The molecular weight excluding hydrogens is 320 g/mol. The fourth-order valence-electron chi connectivity index (χ4n) is 1.73. The molecule has 0 spiro atoms. The second-order valence-corrected chi connectivity index (χ2v) is 4.83. The Morgan fingerprint density at radius 3 is 1.25 bits per heavy atom. The Morgan fingerprint density at radius 1 is 0.667 bits per heavy atom. The third-order valence-corrected chi connectivity index (χ3v) is 2.74. The van der Waals surface area contributed by atoms with Crippen molar-refractivity contribution >= 4 is 23.9 Å². The molecule has 8 nitrogen and oxygen atoms in total. The lowest BCUT2D eigenvalue weighted by Gasteiger charge is -2.24. The maximum absolute atomic E-state index is 12.1. The lowest BCUT2D eigenvalue weighted by Crippen LogP contribution is -2.47. The minimum atomic E-state index is -1.69. The molecule has 0 saturated heterocycles. The third-order valence-electron chi connectivity index (χ3n) is 2.74. The van der Waals surface area contributed by atoms with Crippen molar-refractivity contribution in [3.8, 4) is 0 Å². The highest BCUT2D eigenvalue weighted by Gasteiger charge is 2.42. The molecule has 138 valence electrons. The van der Waals surface area contributed by atoms with E-state index in [0.29, 0.717) is 12.8 Å². The van der Waals surface area contributed by atoms with Crippen LogP contribution in [0, 0.1) is 0 Å². The molecule has 0 aliphatic carbocycles. The number of carbonyl (C=O) groups excluding carboxylic acids is 4. The molecule has 0 aromatic heterocycles. The van der Waals surface area contributed by atoms with Gasteiger partial charge in [-0.2, -0.15) is 0 Å². The molecule has 0 fully saturated rings. The Kier molecular flexibility index (Phi) is 11.2. The first-order chi connectivity index (χ1) is 11.4. The molecule has 0 heterocycles. The van der Waals surface area contributed by atoms with Crippen molar-refractivity contribution in [2.24, 2.45) is 0 Å². The summed E-state index contributed by atoms with van der Waals surface area (Å²) in [4.78, 5) is 47.6. The van der Waals surface area contributed by atoms with Crippen molar-refractivity contribution < 1.29 is 38.1 Å². The number of hydrogen-bond donors (Lipinski definition) is 0. The van der Waals surface area contributed by atoms with Gasteiger partial charge >= 0.3 is 23.9 Å². The average Bonchev–Trinajstić information content (AvgIpc) is 2.51. The standard InChI is InChI=1S/C16H26O8/c1-5-9-11(17)23-13(15(19)21-7-3)14(16(20)22-8-4)24-12(18)10-6-2/h13-14H,5-10H2,1-4H3. The maximum atomic E-state index is 12.1. The van der Waals surface area contributed by atoms with E-state index in [4.69, 9.17) is 18.9 Å². The van der Waals surface area contributed by atoms with Crippen molar-refractivity contribution in [2.45, 2.75) is 65.6 Å². The highest BCUT2D eigenvalue weighted by atomic mass is 16.6. The fraction of sp³-hybridized carbons (Fsp3) is 0.750. The van der Waals surface area contributed by atoms with Gasteiger partial charge in [-0.05, 0) is 26.7 Å². The van der Waals surface area contributed by atoms with Gasteiger partial charge in [-0.25, -0.2) is 9.59 Å². The molecule has 0 radical (unpaired) electrons. The largest absolute Gasteiger partial charge is 0.463 e. The molecule has 0 bridgehead atoms. The van der Waals surface area contributed by atoms with Crippen LogP contribution in [0.15, 0.2) is 0 Å². The van der Waals surface area contributed by atoms with Gasteiger partial charge < -0.3 is 18.9 Å². The summed E-state index contributed by atoms with van der Waals surface area (Å²) in [5, 5.41) is 0. The molecule has 0 amide bonds. The van der Waals surface area contributed by atoms with Crippen LogP contribution in [0.25, 0.3) is 0 Å². The van der Waals surface area contributed by atoms with E-state index in [1.165, 1.54) is 0 Å². The summed E-state index contributed by atoms with van der Waals surface area (Å²) in [6.45, 7) is 6.66. The van der Waals surface area contributed by atoms with E-state index in [1.54, 1.807) is 27.7 Å². The van der Waals surface area contributed by atoms with Gasteiger partial charge in [-0.3, -0.25) is 9.59 Å². The molecular formula is C16H26O8. The Bertz CT molecular complexity index is 392. The number of carbonyl (C=O) groups is 4. The van der Waals surface area contributed by atoms with E-state index >= 15 is 0 Å². The van der Waals surface area contributed by atoms with Crippen LogP contribution >= 0.6 is 0 Å². The number of hydrogen-bond acceptors (Lipinski definition) is 8. The van der Waals surface area contributed by atoms with E-state index in [9.17, 15) is 19.2 Å². The van der Waals surface area contributed by atoms with Crippen LogP contribution in [0.1, 0.15) is 53.4 Å². The summed E-state index contributed by atoms with van der Waals surface area (Å²) in [5.41, 5.74) is 0. The predicted octanol–water partition coefficient (Wildman–Crippen LogP) is 1.54. The normalized spacial score (nSPS) is 12.7. The van der Waals surface area contributed by atoms with Crippen LogP contribution in [0.2, 0.25) is 0 Å². The van der Waals surface area contributed by atoms with Gasteiger partial charge in [-0.1, -0.05) is 13.8 Å². The molecule has 0 saturated carbocycles. The number of esters is 4. The summed E-state index contributed by atoms with van der Waals surface area (Å²) >= 11 is 0. The smallest absolute Gasteiger partial charge is 0.352 e. The number of rotatable bonds is 11. The van der Waals surface area contributed by atoms with Gasteiger partial charge in [0, 0.05) is 12.8 Å². The van der Waals surface area contributed by atoms with Crippen molar-refractivity contribution in [1.29, 1.82) is 0 Å². The molecule has 0 aliphatic heterocycles. The SMILES string of the molecule is CCCC(=O)OC(C(=O)OCC)C(OC(=O)CCC)C(=O)OCC. The van der Waals surface area contributed by atoms with Gasteiger partial charge in [0.2, 0.25) is 12.2 Å². The van der Waals surface area contributed by atoms with Crippen LogP contribution in [0.4, 0.5) is 0 Å². The highest BCUT2D eigenvalue weighted by molar-refractivity contribution is 5.89. The Balaban J connectivity index is 5.41. The lowest BCUT2D eigenvalue weighted by atomic mass is 10.2. The Morgan fingerprint density at radius 2 is 1.00 bits per heavy atom. The van der Waals surface area contributed by atoms with E-state index in [2.05, 4.69) is 0 Å². The van der Waals surface area contributed by atoms with Gasteiger partial charge in [0.25, 0.3) is 0 Å². The van der Waals surface area contributed by atoms with Crippen molar-refractivity contribution in [3.63, 3.8) is 0 Å². The lowest BCUT2D eigenvalue weighted by molar-refractivity contribution is -0.191. The van der Waals surface area contributed by atoms with Crippen LogP contribution in [-0.2, 0) is 38.1 Å². The summed E-state index contributed by atoms with van der Waals surface area (Å²) in [7, 11) is 0. The van der Waals surface area contributed by atoms with Crippen molar-refractivity contribution in [1.82, 2.24) is 0 Å². The second-order valence-electron chi connectivity index (χ2n) is 4.83. The summed E-state index contributed by atoms with van der Waals surface area (Å²) in [5.74, 6) is -3.33. The van der Waals surface area contributed by atoms with Gasteiger partial charge in [0.15, 0.2) is 0 Å². The topological polar surface area (TPSA) is 105 Å². The zero-order valence-corrected chi connectivity index (χ0v) is 14.7. The Hall–Kier alpha value is -2.12. The molecule has 0 rings (SSSR count). The molecule has 2 unspecified atom stereocenters. The zero-order valence-electron chi connectivity index (χ0n) is 14.7. The van der Waals surface area contributed by atoms with Gasteiger partial charge in [0.1, 0.15) is 0 Å². The van der Waals surface area contributed by atoms with Crippen LogP contribution < -0.4 is 0 Å². The maximum Gasteiger partial charge on any atom is 0.352 e. The van der Waals surface area contributed by atoms with E-state index in [-0.39, 0.29) is 26.1 Å². The molecule has 0 aromatic carbocycles. The predicted molar refractivity (Wildman–Crippen MR) is 82.8 cm³/mol. The Labute approximate surface area is 141 Å². The van der Waals surface area contributed by atoms with Gasteiger partial charge in [-0.15, -0.1) is 0 Å². The molecule has 24 heavy (non-hydrogen) atoms. The van der Waals surface area contributed by atoms with Crippen molar-refractivity contribution in [2.75, 3.05) is 13.2 Å². The minimum Gasteiger partial charge on any atom is -0.463 e. The minimum absolute atomic E-state index is 0.0130. The number of ether oxygens (including phenoxy) is 4. The molecule has 2 atom stereocenters. The van der Waals surface area contributed by atoms with Crippen molar-refractivity contribution in [3.05, 3.63) is 0 Å². The molecule has 0 N–H and O–H groups in total. The zero-order chi connectivity index (χ0) is 18.5. The third kappa shape index (κ3) is 7.94. The highest BCUT2D eigenvalue weighted by Crippen LogP contribution is 2.13. The molecule has 8 heteroatoms. The summed E-state index contributed by atoms with van der Waals surface area (Å²) < 4.78 is 19.7. The fourth-order valence-corrected chi connectivity index (χ4v) is 1.73. The monoisotopic (exact) mass is 346 g/mol. The van der Waals surface area contributed by atoms with Crippen LogP contribution in [-0.4, -0.2) is 49.3 Å². The molecule has 0 aromatic rings. The van der Waals surface area contributed by atoms with Gasteiger partial charge in [0.05, 0.1) is 13.2 Å². The van der Waals surface area contributed by atoms with E-state index < -0.39 is 36.1 Å². The first kappa shape index (κ1) is 21.9. The van der Waals surface area contributed by atoms with Crippen LogP contribution in [0.5, 0.6) is 0 Å². The van der Waals surface area contributed by atoms with E-state index in [0.717, 1.165) is 0 Å². The van der Waals surface area contributed by atoms with E-state index in [1.807, 2.05) is 0 Å². The average molecular weight is 346 g/mol. The quantitative estimate of drug-likeness (QED) is 0.410. The summed E-state index contributed by atoms with van der Waals surface area (Å²) in [6.07, 6.45) is -2.29. The second kappa shape index (κ2) is 12.3.